The van der Waals surface area contributed by atoms with Crippen molar-refractivity contribution in [2.24, 2.45) is 10.9 Å². The summed E-state index contributed by atoms with van der Waals surface area (Å²) in [6, 6.07) is 4.89. The Kier molecular flexibility index (Phi) is 8.44. The molecule has 0 N–H and O–H groups in total. The standard InChI is InChI=1S/C19H31N3O2/c1-6-8-12-21(13-9-7-2)19(15(3)4)20-18-11-10-17(22(23)24)14-16(18)5/h10-11,14-15H,6-9,12-13H2,1-5H3. The molecule has 1 aromatic rings. The van der Waals surface area contributed by atoms with Crippen LogP contribution >= 0.6 is 0 Å². The van der Waals surface area contributed by atoms with E-state index in [1.807, 2.05) is 6.92 Å². The fourth-order valence-corrected chi connectivity index (χ4v) is 2.61. The lowest BCUT2D eigenvalue weighted by atomic mass is 10.1. The summed E-state index contributed by atoms with van der Waals surface area (Å²) < 4.78 is 0. The van der Waals surface area contributed by atoms with Crippen molar-refractivity contribution >= 4 is 17.2 Å². The van der Waals surface area contributed by atoms with Gasteiger partial charge in [0.25, 0.3) is 5.69 Å². The lowest BCUT2D eigenvalue weighted by molar-refractivity contribution is -0.384. The number of nitrogens with zero attached hydrogens (tertiary/aromatic N) is 3. The summed E-state index contributed by atoms with van der Waals surface area (Å²) in [5.41, 5.74) is 1.78. The van der Waals surface area contributed by atoms with Gasteiger partial charge in [0, 0.05) is 31.1 Å². The van der Waals surface area contributed by atoms with E-state index in [4.69, 9.17) is 4.99 Å². The zero-order chi connectivity index (χ0) is 18.1. The van der Waals surface area contributed by atoms with E-state index >= 15 is 0 Å². The summed E-state index contributed by atoms with van der Waals surface area (Å²) in [5, 5.41) is 10.9. The van der Waals surface area contributed by atoms with E-state index in [2.05, 4.69) is 32.6 Å². The Bertz CT molecular complexity index is 560. The predicted octanol–water partition coefficient (Wildman–Crippen LogP) is 5.49. The lowest BCUT2D eigenvalue weighted by Gasteiger charge is -2.28. The topological polar surface area (TPSA) is 58.7 Å². The molecule has 0 atom stereocenters. The molecule has 134 valence electrons. The van der Waals surface area contributed by atoms with Crippen molar-refractivity contribution in [3.63, 3.8) is 0 Å². The van der Waals surface area contributed by atoms with E-state index in [0.29, 0.717) is 5.92 Å². The van der Waals surface area contributed by atoms with Gasteiger partial charge in [0.2, 0.25) is 0 Å². The van der Waals surface area contributed by atoms with Gasteiger partial charge >= 0.3 is 0 Å². The smallest absolute Gasteiger partial charge is 0.269 e. The predicted molar refractivity (Wildman–Crippen MR) is 101 cm³/mol. The van der Waals surface area contributed by atoms with Crippen molar-refractivity contribution in [2.45, 2.75) is 60.3 Å². The monoisotopic (exact) mass is 333 g/mol. The first-order valence-electron chi connectivity index (χ1n) is 8.99. The molecule has 0 bridgehead atoms. The molecule has 0 amide bonds. The Hall–Kier alpha value is -1.91. The molecule has 1 rings (SSSR count). The molecule has 0 heterocycles. The van der Waals surface area contributed by atoms with Crippen molar-refractivity contribution in [2.75, 3.05) is 13.1 Å². The summed E-state index contributed by atoms with van der Waals surface area (Å²) in [7, 11) is 0. The van der Waals surface area contributed by atoms with Crippen LogP contribution in [0.3, 0.4) is 0 Å². The molecule has 0 unspecified atom stereocenters. The second kappa shape index (κ2) is 10.1. The minimum Gasteiger partial charge on any atom is -0.360 e. The molecule has 0 radical (unpaired) electrons. The summed E-state index contributed by atoms with van der Waals surface area (Å²) in [6.07, 6.45) is 4.61. The minimum absolute atomic E-state index is 0.117. The molecule has 0 saturated heterocycles. The highest BCUT2D eigenvalue weighted by Gasteiger charge is 2.16. The first-order chi connectivity index (χ1) is 11.4. The second-order valence-electron chi connectivity index (χ2n) is 6.55. The molecule has 0 aromatic heterocycles. The number of benzene rings is 1. The van der Waals surface area contributed by atoms with E-state index in [9.17, 15) is 10.1 Å². The molecular weight excluding hydrogens is 302 g/mol. The largest absolute Gasteiger partial charge is 0.360 e. The minimum atomic E-state index is -0.362. The highest BCUT2D eigenvalue weighted by atomic mass is 16.6. The Morgan fingerprint density at radius 1 is 1.21 bits per heavy atom. The fourth-order valence-electron chi connectivity index (χ4n) is 2.61. The van der Waals surface area contributed by atoms with E-state index in [0.717, 1.165) is 55.9 Å². The number of aryl methyl sites for hydroxylation is 1. The zero-order valence-corrected chi connectivity index (χ0v) is 15.7. The number of non-ortho nitro benzene ring substituents is 1. The van der Waals surface area contributed by atoms with E-state index < -0.39 is 0 Å². The molecule has 0 aliphatic heterocycles. The normalized spacial score (nSPS) is 11.8. The Morgan fingerprint density at radius 3 is 2.21 bits per heavy atom. The van der Waals surface area contributed by atoms with Crippen LogP contribution in [0, 0.1) is 23.0 Å². The van der Waals surface area contributed by atoms with Gasteiger partial charge in [-0.15, -0.1) is 0 Å². The number of nitro groups is 1. The van der Waals surface area contributed by atoms with Crippen LogP contribution in [-0.2, 0) is 0 Å². The van der Waals surface area contributed by atoms with Gasteiger partial charge in [0.1, 0.15) is 5.84 Å². The van der Waals surface area contributed by atoms with Crippen LogP contribution in [0.1, 0.15) is 58.9 Å². The molecular formula is C19H31N3O2. The number of aliphatic imine (C=N–C) groups is 1. The first kappa shape index (κ1) is 20.1. The Labute approximate surface area is 145 Å². The highest BCUT2D eigenvalue weighted by molar-refractivity contribution is 5.87. The van der Waals surface area contributed by atoms with Crippen molar-refractivity contribution in [1.29, 1.82) is 0 Å². The molecule has 1 aromatic carbocycles. The van der Waals surface area contributed by atoms with Crippen molar-refractivity contribution in [3.8, 4) is 0 Å². The highest BCUT2D eigenvalue weighted by Crippen LogP contribution is 2.25. The SMILES string of the molecule is CCCCN(CCCC)C(=Nc1ccc([N+](=O)[O-])cc1C)C(C)C. The van der Waals surface area contributed by atoms with Crippen LogP contribution in [0.2, 0.25) is 0 Å². The molecule has 0 aliphatic rings. The molecule has 0 aliphatic carbocycles. The number of hydrogen-bond acceptors (Lipinski definition) is 3. The molecule has 0 saturated carbocycles. The van der Waals surface area contributed by atoms with Crippen molar-refractivity contribution < 1.29 is 4.92 Å². The second-order valence-corrected chi connectivity index (χ2v) is 6.55. The first-order valence-corrected chi connectivity index (χ1v) is 8.99. The van der Waals surface area contributed by atoms with Gasteiger partial charge in [0.15, 0.2) is 0 Å². The average Bonchev–Trinajstić information content (AvgIpc) is 2.54. The van der Waals surface area contributed by atoms with Crippen LogP contribution in [0.15, 0.2) is 23.2 Å². The van der Waals surface area contributed by atoms with Crippen LogP contribution in [0.5, 0.6) is 0 Å². The lowest BCUT2D eigenvalue weighted by Crippen LogP contribution is -2.36. The third-order valence-corrected chi connectivity index (χ3v) is 4.03. The van der Waals surface area contributed by atoms with Gasteiger partial charge in [-0.2, -0.15) is 0 Å². The van der Waals surface area contributed by atoms with Gasteiger partial charge in [-0.05, 0) is 31.4 Å². The van der Waals surface area contributed by atoms with E-state index in [1.54, 1.807) is 12.1 Å². The number of unbranched alkanes of at least 4 members (excludes halogenated alkanes) is 2. The number of hydrogen-bond donors (Lipinski definition) is 0. The molecule has 5 nitrogen and oxygen atoms in total. The summed E-state index contributed by atoms with van der Waals surface area (Å²) in [5.74, 6) is 1.39. The molecule has 5 heteroatoms. The number of amidine groups is 1. The maximum atomic E-state index is 10.9. The molecule has 0 fully saturated rings. The summed E-state index contributed by atoms with van der Waals surface area (Å²) in [4.78, 5) is 17.8. The van der Waals surface area contributed by atoms with Crippen molar-refractivity contribution in [1.82, 2.24) is 4.90 Å². The number of nitro benzene ring substituents is 1. The van der Waals surface area contributed by atoms with Crippen LogP contribution in [0.25, 0.3) is 0 Å². The van der Waals surface area contributed by atoms with Crippen LogP contribution < -0.4 is 0 Å². The van der Waals surface area contributed by atoms with Gasteiger partial charge in [-0.1, -0.05) is 40.5 Å². The Balaban J connectivity index is 3.15. The van der Waals surface area contributed by atoms with Crippen molar-refractivity contribution in [3.05, 3.63) is 33.9 Å². The molecule has 0 spiro atoms. The van der Waals surface area contributed by atoms with Crippen LogP contribution in [-0.4, -0.2) is 28.7 Å². The zero-order valence-electron chi connectivity index (χ0n) is 15.7. The average molecular weight is 333 g/mol. The fraction of sp³-hybridized carbons (Fsp3) is 0.632. The number of rotatable bonds is 9. The third kappa shape index (κ3) is 5.95. The Morgan fingerprint density at radius 2 is 1.79 bits per heavy atom. The van der Waals surface area contributed by atoms with E-state index in [1.165, 1.54) is 6.07 Å². The van der Waals surface area contributed by atoms with Crippen LogP contribution in [0.4, 0.5) is 11.4 Å². The van der Waals surface area contributed by atoms with Gasteiger partial charge in [-0.3, -0.25) is 10.1 Å². The maximum Gasteiger partial charge on any atom is 0.269 e. The van der Waals surface area contributed by atoms with E-state index in [-0.39, 0.29) is 10.6 Å². The summed E-state index contributed by atoms with van der Waals surface area (Å²) >= 11 is 0. The van der Waals surface area contributed by atoms with Gasteiger partial charge in [0.05, 0.1) is 10.6 Å². The maximum absolute atomic E-state index is 10.9. The quantitative estimate of drug-likeness (QED) is 0.260. The summed E-state index contributed by atoms with van der Waals surface area (Å²) in [6.45, 7) is 12.6. The van der Waals surface area contributed by atoms with Gasteiger partial charge < -0.3 is 4.90 Å². The third-order valence-electron chi connectivity index (χ3n) is 4.03. The van der Waals surface area contributed by atoms with Gasteiger partial charge in [-0.25, -0.2) is 4.99 Å². The molecule has 24 heavy (non-hydrogen) atoms.